The van der Waals surface area contributed by atoms with Gasteiger partial charge in [0.05, 0.1) is 17.3 Å². The molecule has 1 atom stereocenters. The molecule has 18 heavy (non-hydrogen) atoms. The smallest absolute Gasteiger partial charge is 0.238 e. The average Bonchev–Trinajstić information content (AvgIpc) is 2.79. The fourth-order valence-electron chi connectivity index (χ4n) is 2.31. The molecule has 98 valence electrons. The summed E-state index contributed by atoms with van der Waals surface area (Å²) in [5.74, 6) is -0.0385. The summed E-state index contributed by atoms with van der Waals surface area (Å²) in [5, 5.41) is 3.39. The van der Waals surface area contributed by atoms with Gasteiger partial charge < -0.3 is 11.1 Å². The van der Waals surface area contributed by atoms with E-state index in [0.29, 0.717) is 29.8 Å². The molecule has 1 amide bonds. The monoisotopic (exact) mass is 267 g/mol. The van der Waals surface area contributed by atoms with Crippen molar-refractivity contribution < 1.29 is 4.79 Å². The number of anilines is 1. The predicted molar refractivity (Wildman–Crippen MR) is 73.7 cm³/mol. The van der Waals surface area contributed by atoms with Crippen molar-refractivity contribution in [2.24, 2.45) is 5.73 Å². The van der Waals surface area contributed by atoms with Gasteiger partial charge >= 0.3 is 0 Å². The van der Waals surface area contributed by atoms with Gasteiger partial charge in [-0.1, -0.05) is 23.7 Å². The van der Waals surface area contributed by atoms with Crippen LogP contribution in [0.3, 0.4) is 0 Å². The lowest BCUT2D eigenvalue weighted by Crippen LogP contribution is -2.40. The summed E-state index contributed by atoms with van der Waals surface area (Å²) < 4.78 is 0. The molecule has 0 bridgehead atoms. The molecule has 1 aromatic carbocycles. The van der Waals surface area contributed by atoms with Gasteiger partial charge in [-0.3, -0.25) is 9.69 Å². The molecule has 0 aromatic heterocycles. The van der Waals surface area contributed by atoms with E-state index in [1.165, 1.54) is 0 Å². The maximum Gasteiger partial charge on any atom is 0.238 e. The first-order valence-corrected chi connectivity index (χ1v) is 6.57. The Bertz CT molecular complexity index is 424. The van der Waals surface area contributed by atoms with E-state index in [1.807, 2.05) is 12.1 Å². The van der Waals surface area contributed by atoms with E-state index in [4.69, 9.17) is 17.3 Å². The first-order chi connectivity index (χ1) is 8.70. The number of hydrogen-bond acceptors (Lipinski definition) is 3. The van der Waals surface area contributed by atoms with Crippen molar-refractivity contribution in [2.75, 3.05) is 25.0 Å². The fourth-order valence-corrected chi connectivity index (χ4v) is 2.49. The zero-order valence-corrected chi connectivity index (χ0v) is 11.0. The number of nitrogens with one attached hydrogen (secondary N) is 1. The van der Waals surface area contributed by atoms with Gasteiger partial charge in [-0.05, 0) is 31.5 Å². The van der Waals surface area contributed by atoms with Gasteiger partial charge in [0, 0.05) is 12.6 Å². The summed E-state index contributed by atoms with van der Waals surface area (Å²) in [6.45, 7) is 1.93. The zero-order valence-electron chi connectivity index (χ0n) is 10.2. The van der Waals surface area contributed by atoms with Crippen molar-refractivity contribution in [1.82, 2.24) is 4.90 Å². The van der Waals surface area contributed by atoms with Gasteiger partial charge in [0.25, 0.3) is 0 Å². The molecule has 1 aromatic rings. The molecule has 0 spiro atoms. The van der Waals surface area contributed by atoms with Crippen LogP contribution >= 0.6 is 11.6 Å². The molecule has 1 aliphatic rings. The normalized spacial score (nSPS) is 20.0. The minimum Gasteiger partial charge on any atom is -0.329 e. The number of nitrogens with zero attached hydrogens (tertiary/aromatic N) is 1. The van der Waals surface area contributed by atoms with Crippen LogP contribution in [0.4, 0.5) is 5.69 Å². The molecule has 1 fully saturated rings. The number of benzene rings is 1. The molecule has 1 heterocycles. The van der Waals surface area contributed by atoms with E-state index >= 15 is 0 Å². The van der Waals surface area contributed by atoms with E-state index in [0.717, 1.165) is 19.4 Å². The van der Waals surface area contributed by atoms with Crippen molar-refractivity contribution in [1.29, 1.82) is 0 Å². The quantitative estimate of drug-likeness (QED) is 0.873. The Morgan fingerprint density at radius 1 is 1.50 bits per heavy atom. The molecule has 1 unspecified atom stereocenters. The van der Waals surface area contributed by atoms with Crippen LogP contribution in [0.2, 0.25) is 5.02 Å². The van der Waals surface area contributed by atoms with Gasteiger partial charge in [-0.2, -0.15) is 0 Å². The van der Waals surface area contributed by atoms with Crippen LogP contribution in [0.15, 0.2) is 24.3 Å². The number of hydrogen-bond donors (Lipinski definition) is 2. The van der Waals surface area contributed by atoms with E-state index in [2.05, 4.69) is 10.2 Å². The van der Waals surface area contributed by atoms with Crippen LogP contribution < -0.4 is 11.1 Å². The molecule has 4 nitrogen and oxygen atoms in total. The second kappa shape index (κ2) is 6.18. The topological polar surface area (TPSA) is 58.4 Å². The number of amides is 1. The minimum absolute atomic E-state index is 0.0385. The average molecular weight is 268 g/mol. The number of carbonyl (C=O) groups is 1. The Morgan fingerprint density at radius 2 is 2.28 bits per heavy atom. The number of nitrogens with two attached hydrogens (primary N) is 1. The molecular formula is C13H18ClN3O. The third-order valence-electron chi connectivity index (χ3n) is 3.27. The minimum atomic E-state index is -0.0385. The van der Waals surface area contributed by atoms with Crippen LogP contribution in [-0.4, -0.2) is 36.5 Å². The maximum absolute atomic E-state index is 11.9. The third kappa shape index (κ3) is 3.22. The maximum atomic E-state index is 11.9. The van der Waals surface area contributed by atoms with Gasteiger partial charge in [-0.15, -0.1) is 0 Å². The molecular weight excluding hydrogens is 250 g/mol. The Labute approximate surface area is 112 Å². The molecule has 0 radical (unpaired) electrons. The second-order valence-corrected chi connectivity index (χ2v) is 4.94. The summed E-state index contributed by atoms with van der Waals surface area (Å²) in [6, 6.07) is 7.57. The summed E-state index contributed by atoms with van der Waals surface area (Å²) in [5.41, 5.74) is 6.34. The highest BCUT2D eigenvalue weighted by atomic mass is 35.5. The Kier molecular flexibility index (Phi) is 4.58. The van der Waals surface area contributed by atoms with Gasteiger partial charge in [-0.25, -0.2) is 0 Å². The summed E-state index contributed by atoms with van der Waals surface area (Å²) in [4.78, 5) is 14.1. The van der Waals surface area contributed by atoms with Crippen LogP contribution in [-0.2, 0) is 4.79 Å². The van der Waals surface area contributed by atoms with Crippen molar-refractivity contribution in [2.45, 2.75) is 18.9 Å². The Balaban J connectivity index is 1.91. The van der Waals surface area contributed by atoms with Gasteiger partial charge in [0.1, 0.15) is 0 Å². The highest BCUT2D eigenvalue weighted by molar-refractivity contribution is 6.33. The predicted octanol–water partition coefficient (Wildman–Crippen LogP) is 1.70. The second-order valence-electron chi connectivity index (χ2n) is 4.53. The highest BCUT2D eigenvalue weighted by Gasteiger charge is 2.24. The zero-order chi connectivity index (χ0) is 13.0. The first-order valence-electron chi connectivity index (χ1n) is 6.19. The standard InChI is InChI=1S/C13H18ClN3O/c14-11-5-1-2-6-12(11)16-13(18)9-17-7-3-4-10(17)8-15/h1-2,5-6,10H,3-4,7-9,15H2,(H,16,18). The van der Waals surface area contributed by atoms with Crippen LogP contribution in [0.5, 0.6) is 0 Å². The number of rotatable bonds is 4. The molecule has 0 aliphatic carbocycles. The Morgan fingerprint density at radius 3 is 3.00 bits per heavy atom. The number of halogens is 1. The largest absolute Gasteiger partial charge is 0.329 e. The van der Waals surface area contributed by atoms with Crippen LogP contribution in [0.1, 0.15) is 12.8 Å². The Hall–Kier alpha value is -1.10. The lowest BCUT2D eigenvalue weighted by Gasteiger charge is -2.22. The molecule has 2 rings (SSSR count). The van der Waals surface area contributed by atoms with Crippen molar-refractivity contribution in [3.05, 3.63) is 29.3 Å². The lowest BCUT2D eigenvalue weighted by atomic mass is 10.2. The molecule has 5 heteroatoms. The van der Waals surface area contributed by atoms with Crippen molar-refractivity contribution in [3.63, 3.8) is 0 Å². The van der Waals surface area contributed by atoms with E-state index in [1.54, 1.807) is 12.1 Å². The molecule has 3 N–H and O–H groups in total. The summed E-state index contributed by atoms with van der Waals surface area (Å²) in [7, 11) is 0. The molecule has 1 aliphatic heterocycles. The molecule has 0 saturated carbocycles. The van der Waals surface area contributed by atoms with E-state index in [9.17, 15) is 4.79 Å². The SMILES string of the molecule is NCC1CCCN1CC(=O)Nc1ccccc1Cl. The number of para-hydroxylation sites is 1. The number of likely N-dealkylation sites (tertiary alicyclic amines) is 1. The first kappa shape index (κ1) is 13.3. The van der Waals surface area contributed by atoms with E-state index in [-0.39, 0.29) is 5.91 Å². The van der Waals surface area contributed by atoms with Crippen molar-refractivity contribution >= 4 is 23.2 Å². The van der Waals surface area contributed by atoms with E-state index < -0.39 is 0 Å². The summed E-state index contributed by atoms with van der Waals surface area (Å²) >= 11 is 5.99. The van der Waals surface area contributed by atoms with Gasteiger partial charge in [0.2, 0.25) is 5.91 Å². The highest BCUT2D eigenvalue weighted by Crippen LogP contribution is 2.21. The fraction of sp³-hybridized carbons (Fsp3) is 0.462. The third-order valence-corrected chi connectivity index (χ3v) is 3.60. The number of carbonyl (C=O) groups excluding carboxylic acids is 1. The molecule has 1 saturated heterocycles. The van der Waals surface area contributed by atoms with Crippen LogP contribution in [0, 0.1) is 0 Å². The lowest BCUT2D eigenvalue weighted by molar-refractivity contribution is -0.117. The van der Waals surface area contributed by atoms with Gasteiger partial charge in [0.15, 0.2) is 0 Å². The van der Waals surface area contributed by atoms with Crippen LogP contribution in [0.25, 0.3) is 0 Å². The van der Waals surface area contributed by atoms with Crippen molar-refractivity contribution in [3.8, 4) is 0 Å². The summed E-state index contributed by atoms with van der Waals surface area (Å²) in [6.07, 6.45) is 2.19.